The van der Waals surface area contributed by atoms with Crippen molar-refractivity contribution in [2.45, 2.75) is 32.7 Å². The van der Waals surface area contributed by atoms with Crippen molar-refractivity contribution in [1.29, 1.82) is 0 Å². The third-order valence-electron chi connectivity index (χ3n) is 5.09. The predicted molar refractivity (Wildman–Crippen MR) is 112 cm³/mol. The van der Waals surface area contributed by atoms with E-state index in [1.165, 1.54) is 0 Å². The van der Waals surface area contributed by atoms with Gasteiger partial charge in [0.25, 0.3) is 5.91 Å². The van der Waals surface area contributed by atoms with Crippen LogP contribution in [0.25, 0.3) is 0 Å². The second-order valence-corrected chi connectivity index (χ2v) is 7.30. The number of nitrogens with one attached hydrogen (secondary N) is 2. The molecule has 2 aromatic carbocycles. The number of carbonyl (C=O) groups is 3. The van der Waals surface area contributed by atoms with E-state index in [0.717, 1.165) is 18.4 Å². The number of benzene rings is 2. The molecule has 152 valence electrons. The van der Waals surface area contributed by atoms with Crippen LogP contribution in [0, 0.1) is 5.92 Å². The number of anilines is 1. The maximum Gasteiger partial charge on any atom is 0.253 e. The van der Waals surface area contributed by atoms with E-state index < -0.39 is 0 Å². The Kier molecular flexibility index (Phi) is 7.00. The predicted octanol–water partition coefficient (Wildman–Crippen LogP) is 3.20. The Hall–Kier alpha value is -3.15. The molecule has 1 unspecified atom stereocenters. The molecule has 1 heterocycles. The molecule has 0 bridgehead atoms. The van der Waals surface area contributed by atoms with Gasteiger partial charge in [0.15, 0.2) is 0 Å². The number of nitrogens with zero attached hydrogens (tertiary/aromatic N) is 1. The van der Waals surface area contributed by atoms with E-state index in [0.29, 0.717) is 30.9 Å². The Balaban J connectivity index is 1.62. The van der Waals surface area contributed by atoms with Crippen LogP contribution >= 0.6 is 0 Å². The summed E-state index contributed by atoms with van der Waals surface area (Å²) < 4.78 is 0. The zero-order chi connectivity index (χ0) is 20.6. The zero-order valence-electron chi connectivity index (χ0n) is 16.7. The molecule has 3 rings (SSSR count). The Morgan fingerprint density at radius 1 is 1.07 bits per heavy atom. The van der Waals surface area contributed by atoms with Crippen LogP contribution in [0.5, 0.6) is 0 Å². The quantitative estimate of drug-likeness (QED) is 0.723. The molecule has 6 nitrogen and oxygen atoms in total. The number of carbonyl (C=O) groups excluding carboxylic acids is 3. The Bertz CT molecular complexity index is 867. The van der Waals surface area contributed by atoms with Crippen molar-refractivity contribution in [2.75, 3.05) is 18.4 Å². The van der Waals surface area contributed by atoms with Crippen molar-refractivity contribution in [3.8, 4) is 0 Å². The first-order valence-corrected chi connectivity index (χ1v) is 10.1. The third-order valence-corrected chi connectivity index (χ3v) is 5.09. The van der Waals surface area contributed by atoms with Gasteiger partial charge >= 0.3 is 0 Å². The number of amides is 3. The van der Waals surface area contributed by atoms with Gasteiger partial charge in [-0.2, -0.15) is 0 Å². The van der Waals surface area contributed by atoms with E-state index >= 15 is 0 Å². The van der Waals surface area contributed by atoms with E-state index in [-0.39, 0.29) is 30.1 Å². The standard InChI is InChI=1S/C23H27N3O3/c1-2-3-13-26-16-18(14-21(26)27)22(28)25-20-12-8-7-11-19(20)23(29)24-15-17-9-5-4-6-10-17/h4-12,18H,2-3,13-16H2,1H3,(H,24,29)(H,25,28). The molecule has 2 aromatic rings. The summed E-state index contributed by atoms with van der Waals surface area (Å²) in [6, 6.07) is 16.6. The van der Waals surface area contributed by atoms with Crippen LogP contribution in [0.1, 0.15) is 42.1 Å². The molecular formula is C23H27N3O3. The van der Waals surface area contributed by atoms with Gasteiger partial charge in [-0.05, 0) is 24.1 Å². The van der Waals surface area contributed by atoms with Crippen LogP contribution < -0.4 is 10.6 Å². The molecule has 1 saturated heterocycles. The van der Waals surface area contributed by atoms with Crippen LogP contribution in [0.2, 0.25) is 0 Å². The average molecular weight is 393 g/mol. The fourth-order valence-electron chi connectivity index (χ4n) is 3.41. The van der Waals surface area contributed by atoms with Gasteiger partial charge in [0, 0.05) is 26.1 Å². The SMILES string of the molecule is CCCCN1CC(C(=O)Nc2ccccc2C(=O)NCc2ccccc2)CC1=O. The van der Waals surface area contributed by atoms with Crippen molar-refractivity contribution < 1.29 is 14.4 Å². The first kappa shape index (κ1) is 20.6. The molecule has 6 heteroatoms. The summed E-state index contributed by atoms with van der Waals surface area (Å²) in [5, 5.41) is 5.73. The summed E-state index contributed by atoms with van der Waals surface area (Å²) >= 11 is 0. The lowest BCUT2D eigenvalue weighted by molar-refractivity contribution is -0.128. The van der Waals surface area contributed by atoms with Crippen molar-refractivity contribution >= 4 is 23.4 Å². The minimum absolute atomic E-state index is 0.0208. The van der Waals surface area contributed by atoms with Crippen molar-refractivity contribution in [1.82, 2.24) is 10.2 Å². The first-order chi connectivity index (χ1) is 14.1. The highest BCUT2D eigenvalue weighted by atomic mass is 16.2. The summed E-state index contributed by atoms with van der Waals surface area (Å²) in [6.07, 6.45) is 2.16. The van der Waals surface area contributed by atoms with Gasteiger partial charge in [-0.15, -0.1) is 0 Å². The number of likely N-dealkylation sites (tertiary alicyclic amines) is 1. The number of hydrogen-bond acceptors (Lipinski definition) is 3. The van der Waals surface area contributed by atoms with Gasteiger partial charge in [0.05, 0.1) is 17.2 Å². The topological polar surface area (TPSA) is 78.5 Å². The molecule has 1 atom stereocenters. The molecule has 0 aliphatic carbocycles. The summed E-state index contributed by atoms with van der Waals surface area (Å²) in [5.74, 6) is -0.843. The van der Waals surface area contributed by atoms with E-state index in [9.17, 15) is 14.4 Å². The molecule has 1 aliphatic heterocycles. The lowest BCUT2D eigenvalue weighted by Gasteiger charge is -2.16. The maximum absolute atomic E-state index is 12.7. The highest BCUT2D eigenvalue weighted by Crippen LogP contribution is 2.22. The number of unbranched alkanes of at least 4 members (excludes halogenated alkanes) is 1. The molecular weight excluding hydrogens is 366 g/mol. The lowest BCUT2D eigenvalue weighted by atomic mass is 10.1. The van der Waals surface area contributed by atoms with Crippen LogP contribution in [-0.4, -0.2) is 35.7 Å². The fraction of sp³-hybridized carbons (Fsp3) is 0.348. The van der Waals surface area contributed by atoms with Gasteiger partial charge < -0.3 is 15.5 Å². The van der Waals surface area contributed by atoms with Crippen LogP contribution in [0.4, 0.5) is 5.69 Å². The largest absolute Gasteiger partial charge is 0.348 e. The molecule has 0 spiro atoms. The van der Waals surface area contributed by atoms with Gasteiger partial charge in [0.2, 0.25) is 11.8 Å². The summed E-state index contributed by atoms with van der Waals surface area (Å²) in [5.41, 5.74) is 1.87. The first-order valence-electron chi connectivity index (χ1n) is 10.1. The second-order valence-electron chi connectivity index (χ2n) is 7.30. The highest BCUT2D eigenvalue weighted by Gasteiger charge is 2.34. The molecule has 0 radical (unpaired) electrons. The van der Waals surface area contributed by atoms with Gasteiger partial charge in [-0.3, -0.25) is 14.4 Å². The minimum Gasteiger partial charge on any atom is -0.348 e. The van der Waals surface area contributed by atoms with Crippen molar-refractivity contribution in [3.63, 3.8) is 0 Å². The minimum atomic E-state index is -0.389. The van der Waals surface area contributed by atoms with E-state index in [1.807, 2.05) is 30.3 Å². The molecule has 1 aliphatic rings. The van der Waals surface area contributed by atoms with Crippen LogP contribution in [0.3, 0.4) is 0 Å². The maximum atomic E-state index is 12.7. The molecule has 2 N–H and O–H groups in total. The summed E-state index contributed by atoms with van der Waals surface area (Å²) in [7, 11) is 0. The van der Waals surface area contributed by atoms with Crippen LogP contribution in [0.15, 0.2) is 54.6 Å². The van der Waals surface area contributed by atoms with Gasteiger partial charge in [-0.1, -0.05) is 55.8 Å². The van der Waals surface area contributed by atoms with Gasteiger partial charge in [-0.25, -0.2) is 0 Å². The molecule has 3 amide bonds. The Morgan fingerprint density at radius 2 is 1.79 bits per heavy atom. The van der Waals surface area contributed by atoms with Crippen LogP contribution in [-0.2, 0) is 16.1 Å². The Morgan fingerprint density at radius 3 is 2.55 bits per heavy atom. The average Bonchev–Trinajstić information content (AvgIpc) is 3.12. The van der Waals surface area contributed by atoms with Crippen molar-refractivity contribution in [3.05, 3.63) is 65.7 Å². The van der Waals surface area contributed by atoms with Crippen molar-refractivity contribution in [2.24, 2.45) is 5.92 Å². The third kappa shape index (κ3) is 5.44. The summed E-state index contributed by atoms with van der Waals surface area (Å²) in [6.45, 7) is 3.61. The normalized spacial score (nSPS) is 16.0. The smallest absolute Gasteiger partial charge is 0.253 e. The molecule has 29 heavy (non-hydrogen) atoms. The zero-order valence-corrected chi connectivity index (χ0v) is 16.7. The summed E-state index contributed by atoms with van der Waals surface area (Å²) in [4.78, 5) is 39.2. The molecule has 1 fully saturated rings. The van der Waals surface area contributed by atoms with E-state index in [2.05, 4.69) is 17.6 Å². The molecule has 0 aromatic heterocycles. The number of rotatable bonds is 8. The van der Waals surface area contributed by atoms with Gasteiger partial charge in [0.1, 0.15) is 0 Å². The monoisotopic (exact) mass is 393 g/mol. The fourth-order valence-corrected chi connectivity index (χ4v) is 3.41. The molecule has 0 saturated carbocycles. The van der Waals surface area contributed by atoms with E-state index in [4.69, 9.17) is 0 Å². The van der Waals surface area contributed by atoms with E-state index in [1.54, 1.807) is 29.2 Å². The lowest BCUT2D eigenvalue weighted by Crippen LogP contribution is -2.30. The number of para-hydroxylation sites is 1. The Labute approximate surface area is 171 Å². The highest BCUT2D eigenvalue weighted by molar-refractivity contribution is 6.05. The number of hydrogen-bond donors (Lipinski definition) is 2. The second kappa shape index (κ2) is 9.87.